The quantitative estimate of drug-likeness (QED) is 0.775. The van der Waals surface area contributed by atoms with Crippen LogP contribution in [0.1, 0.15) is 5.56 Å². The lowest BCUT2D eigenvalue weighted by Crippen LogP contribution is -2.15. The van der Waals surface area contributed by atoms with Crippen LogP contribution in [0.25, 0.3) is 0 Å². The third kappa shape index (κ3) is 3.74. The minimum Gasteiger partial charge on any atom is -0.278 e. The van der Waals surface area contributed by atoms with Crippen molar-refractivity contribution in [3.8, 4) is 0 Å². The van der Waals surface area contributed by atoms with E-state index in [1.807, 2.05) is 0 Å². The van der Waals surface area contributed by atoms with Crippen LogP contribution < -0.4 is 4.72 Å². The predicted octanol–water partition coefficient (Wildman–Crippen LogP) is 4.92. The van der Waals surface area contributed by atoms with Gasteiger partial charge in [0.1, 0.15) is 0 Å². The van der Waals surface area contributed by atoms with Crippen LogP contribution in [0.2, 0.25) is 5.02 Å². The molecule has 0 unspecified atom stereocenters. The number of sulfonamides is 1. The Bertz CT molecular complexity index is 809. The van der Waals surface area contributed by atoms with Gasteiger partial charge in [0.2, 0.25) is 0 Å². The summed E-state index contributed by atoms with van der Waals surface area (Å²) in [6.07, 6.45) is -4.74. The average molecular weight is 415 g/mol. The molecule has 0 spiro atoms. The largest absolute Gasteiger partial charge is 0.417 e. The fourth-order valence-electron chi connectivity index (χ4n) is 1.64. The Labute approximate surface area is 138 Å². The molecule has 0 aliphatic carbocycles. The molecule has 0 aromatic heterocycles. The van der Waals surface area contributed by atoms with Crippen LogP contribution in [0, 0.1) is 0 Å². The lowest BCUT2D eigenvalue weighted by molar-refractivity contribution is -0.137. The highest BCUT2D eigenvalue weighted by Crippen LogP contribution is 2.36. The van der Waals surface area contributed by atoms with Gasteiger partial charge in [0.25, 0.3) is 10.0 Å². The fourth-order valence-corrected chi connectivity index (χ4v) is 3.48. The molecule has 22 heavy (non-hydrogen) atoms. The van der Waals surface area contributed by atoms with Crippen LogP contribution in [0.5, 0.6) is 0 Å². The SMILES string of the molecule is O=S(=O)(Nc1ccccc1Br)c1ccc(Cl)c(C(F)(F)F)c1. The first kappa shape index (κ1) is 17.1. The molecule has 0 radical (unpaired) electrons. The normalized spacial score (nSPS) is 12.2. The maximum atomic E-state index is 12.8. The van der Waals surface area contributed by atoms with Crippen LogP contribution in [0.15, 0.2) is 51.8 Å². The molecule has 1 N–H and O–H groups in total. The minimum absolute atomic E-state index is 0.214. The average Bonchev–Trinajstić information content (AvgIpc) is 2.40. The molecule has 0 saturated carbocycles. The maximum absolute atomic E-state index is 12.8. The van der Waals surface area contributed by atoms with Crippen molar-refractivity contribution in [3.05, 3.63) is 57.5 Å². The highest BCUT2D eigenvalue weighted by Gasteiger charge is 2.34. The first-order chi connectivity index (χ1) is 10.1. The Kier molecular flexibility index (Phi) is 4.74. The fraction of sp³-hybridized carbons (Fsp3) is 0.0769. The highest BCUT2D eigenvalue weighted by atomic mass is 79.9. The molecule has 0 amide bonds. The third-order valence-electron chi connectivity index (χ3n) is 2.67. The van der Waals surface area contributed by atoms with Gasteiger partial charge in [-0.1, -0.05) is 23.7 Å². The van der Waals surface area contributed by atoms with Gasteiger partial charge in [0.15, 0.2) is 0 Å². The second kappa shape index (κ2) is 6.10. The zero-order valence-corrected chi connectivity index (χ0v) is 13.8. The number of rotatable bonds is 3. The number of hydrogen-bond acceptors (Lipinski definition) is 2. The summed E-state index contributed by atoms with van der Waals surface area (Å²) in [6, 6.07) is 8.75. The summed E-state index contributed by atoms with van der Waals surface area (Å²) in [6.45, 7) is 0. The molecule has 2 aromatic carbocycles. The van der Waals surface area contributed by atoms with Gasteiger partial charge in [-0.3, -0.25) is 4.72 Å². The third-order valence-corrected chi connectivity index (χ3v) is 5.06. The standard InChI is InChI=1S/C13H8BrClF3NO2S/c14-10-3-1-2-4-12(10)19-22(20,21)8-5-6-11(15)9(7-8)13(16,17)18/h1-7,19H. The second-order valence-corrected chi connectivity index (χ2v) is 7.17. The van der Waals surface area contributed by atoms with E-state index in [9.17, 15) is 21.6 Å². The number of benzene rings is 2. The van der Waals surface area contributed by atoms with Crippen molar-refractivity contribution in [1.82, 2.24) is 0 Å². The van der Waals surface area contributed by atoms with Crippen LogP contribution in [0.3, 0.4) is 0 Å². The molecular weight excluding hydrogens is 407 g/mol. The van der Waals surface area contributed by atoms with Gasteiger partial charge < -0.3 is 0 Å². The summed E-state index contributed by atoms with van der Waals surface area (Å²) in [7, 11) is -4.17. The van der Waals surface area contributed by atoms with Crippen molar-refractivity contribution in [3.63, 3.8) is 0 Å². The molecule has 9 heteroatoms. The molecular formula is C13H8BrClF3NO2S. The summed E-state index contributed by atoms with van der Waals surface area (Å²) >= 11 is 8.62. The van der Waals surface area contributed by atoms with Crippen molar-refractivity contribution < 1.29 is 21.6 Å². The highest BCUT2D eigenvalue weighted by molar-refractivity contribution is 9.10. The lowest BCUT2D eigenvalue weighted by Gasteiger charge is -2.13. The van der Waals surface area contributed by atoms with E-state index in [2.05, 4.69) is 20.7 Å². The topological polar surface area (TPSA) is 46.2 Å². The molecule has 0 bridgehead atoms. The minimum atomic E-state index is -4.74. The first-order valence-electron chi connectivity index (χ1n) is 5.75. The zero-order valence-electron chi connectivity index (χ0n) is 10.7. The Morgan fingerprint density at radius 1 is 1.09 bits per heavy atom. The van der Waals surface area contributed by atoms with E-state index in [1.54, 1.807) is 18.2 Å². The van der Waals surface area contributed by atoms with Gasteiger partial charge in [-0.25, -0.2) is 8.42 Å². The van der Waals surface area contributed by atoms with E-state index in [1.165, 1.54) is 6.07 Å². The molecule has 0 aliphatic rings. The van der Waals surface area contributed by atoms with E-state index < -0.39 is 31.7 Å². The van der Waals surface area contributed by atoms with Crippen LogP contribution >= 0.6 is 27.5 Å². The second-order valence-electron chi connectivity index (χ2n) is 4.22. The molecule has 0 aliphatic heterocycles. The van der Waals surface area contributed by atoms with E-state index in [0.717, 1.165) is 12.1 Å². The number of alkyl halides is 3. The Hall–Kier alpha value is -1.25. The van der Waals surface area contributed by atoms with Gasteiger partial charge in [0, 0.05) is 4.47 Å². The van der Waals surface area contributed by atoms with Crippen molar-refractivity contribution in [1.29, 1.82) is 0 Å². The molecule has 2 aromatic rings. The molecule has 3 nitrogen and oxygen atoms in total. The Balaban J connectivity index is 2.45. The molecule has 0 heterocycles. The summed E-state index contributed by atoms with van der Waals surface area (Å²) in [5.74, 6) is 0. The summed E-state index contributed by atoms with van der Waals surface area (Å²) in [5.41, 5.74) is -0.991. The van der Waals surface area contributed by atoms with Crippen LogP contribution in [-0.4, -0.2) is 8.42 Å². The lowest BCUT2D eigenvalue weighted by atomic mass is 10.2. The van der Waals surface area contributed by atoms with Gasteiger partial charge in [0.05, 0.1) is 21.2 Å². The first-order valence-corrected chi connectivity index (χ1v) is 8.41. The number of halogens is 5. The van der Waals surface area contributed by atoms with Crippen molar-refractivity contribution in [2.75, 3.05) is 4.72 Å². The van der Waals surface area contributed by atoms with Crippen molar-refractivity contribution in [2.24, 2.45) is 0 Å². The number of hydrogen-bond donors (Lipinski definition) is 1. The number of anilines is 1. The van der Waals surface area contributed by atoms with E-state index in [-0.39, 0.29) is 5.69 Å². The van der Waals surface area contributed by atoms with Crippen molar-refractivity contribution in [2.45, 2.75) is 11.1 Å². The van der Waals surface area contributed by atoms with Gasteiger partial charge in [-0.05, 0) is 46.3 Å². The molecule has 0 fully saturated rings. The zero-order chi connectivity index (χ0) is 16.5. The van der Waals surface area contributed by atoms with Gasteiger partial charge >= 0.3 is 6.18 Å². The monoisotopic (exact) mass is 413 g/mol. The van der Waals surface area contributed by atoms with Gasteiger partial charge in [-0.15, -0.1) is 0 Å². The number of nitrogens with one attached hydrogen (secondary N) is 1. The van der Waals surface area contributed by atoms with E-state index in [0.29, 0.717) is 10.5 Å². The number of para-hydroxylation sites is 1. The molecule has 0 atom stereocenters. The Morgan fingerprint density at radius 2 is 1.73 bits per heavy atom. The predicted molar refractivity (Wildman–Crippen MR) is 81.4 cm³/mol. The van der Waals surface area contributed by atoms with Gasteiger partial charge in [-0.2, -0.15) is 13.2 Å². The van der Waals surface area contributed by atoms with Crippen LogP contribution in [-0.2, 0) is 16.2 Å². The summed E-state index contributed by atoms with van der Waals surface area (Å²) in [4.78, 5) is -0.528. The summed E-state index contributed by atoms with van der Waals surface area (Å²) in [5, 5.41) is -0.563. The molecule has 0 saturated heterocycles. The molecule has 2 rings (SSSR count). The van der Waals surface area contributed by atoms with E-state index in [4.69, 9.17) is 11.6 Å². The summed E-state index contributed by atoms with van der Waals surface area (Å²) < 4.78 is 65.5. The van der Waals surface area contributed by atoms with E-state index >= 15 is 0 Å². The Morgan fingerprint density at radius 3 is 2.32 bits per heavy atom. The molecule has 118 valence electrons. The maximum Gasteiger partial charge on any atom is 0.417 e. The van der Waals surface area contributed by atoms with Crippen molar-refractivity contribution >= 4 is 43.2 Å². The smallest absolute Gasteiger partial charge is 0.278 e. The van der Waals surface area contributed by atoms with Crippen LogP contribution in [0.4, 0.5) is 18.9 Å².